The Morgan fingerprint density at radius 3 is 2.24 bits per heavy atom. The Hall–Kier alpha value is -2.58. The fourth-order valence-electron chi connectivity index (χ4n) is 3.61. The van der Waals surface area contributed by atoms with Crippen molar-refractivity contribution in [1.82, 2.24) is 9.55 Å². The summed E-state index contributed by atoms with van der Waals surface area (Å²) in [5.74, 6) is -0.194. The zero-order chi connectivity index (χ0) is 20.6. The number of benzene rings is 2. The van der Waals surface area contributed by atoms with Crippen molar-refractivity contribution in [3.8, 4) is 5.69 Å². The second kappa shape index (κ2) is 7.68. The summed E-state index contributed by atoms with van der Waals surface area (Å²) in [6.45, 7) is 1.87. The lowest BCUT2D eigenvalue weighted by atomic mass is 10.1. The van der Waals surface area contributed by atoms with Gasteiger partial charge in [-0.25, -0.2) is 17.7 Å². The van der Waals surface area contributed by atoms with Crippen LogP contribution < -0.4 is 4.31 Å². The fourth-order valence-corrected chi connectivity index (χ4v) is 5.97. The summed E-state index contributed by atoms with van der Waals surface area (Å²) in [4.78, 5) is 17.9. The molecule has 8 heteroatoms. The first-order valence-electron chi connectivity index (χ1n) is 9.30. The summed E-state index contributed by atoms with van der Waals surface area (Å²) < 4.78 is 29.7. The van der Waals surface area contributed by atoms with E-state index in [1.807, 2.05) is 66.9 Å². The maximum absolute atomic E-state index is 13.3. The van der Waals surface area contributed by atoms with Gasteiger partial charge in [0.25, 0.3) is 0 Å². The van der Waals surface area contributed by atoms with E-state index in [2.05, 4.69) is 4.98 Å². The zero-order valence-corrected chi connectivity index (χ0v) is 17.8. The number of carbonyl (C=O) groups excluding carboxylic acids is 1. The maximum Gasteiger partial charge on any atom is 0.247 e. The predicted octanol–water partition coefficient (Wildman–Crippen LogP) is 3.91. The van der Waals surface area contributed by atoms with Crippen molar-refractivity contribution >= 4 is 33.4 Å². The molecule has 1 atom stereocenters. The fraction of sp³-hybridized carbons (Fsp3) is 0.238. The summed E-state index contributed by atoms with van der Waals surface area (Å²) in [6.07, 6.45) is 2.07. The van der Waals surface area contributed by atoms with Gasteiger partial charge in [0.2, 0.25) is 15.8 Å². The molecule has 2 heterocycles. The molecule has 0 radical (unpaired) electrons. The first-order chi connectivity index (χ1) is 14.0. The van der Waals surface area contributed by atoms with Crippen molar-refractivity contribution < 1.29 is 13.2 Å². The molecule has 1 unspecified atom stereocenters. The summed E-state index contributed by atoms with van der Waals surface area (Å²) >= 11 is 1.38. The highest BCUT2D eigenvalue weighted by Crippen LogP contribution is 2.39. The number of carbonyl (C=O) groups is 1. The van der Waals surface area contributed by atoms with Gasteiger partial charge in [0.05, 0.1) is 6.54 Å². The van der Waals surface area contributed by atoms with E-state index in [0.29, 0.717) is 10.9 Å². The van der Waals surface area contributed by atoms with E-state index in [1.165, 1.54) is 16.1 Å². The monoisotopic (exact) mass is 427 g/mol. The van der Waals surface area contributed by atoms with Gasteiger partial charge in [-0.2, -0.15) is 0 Å². The van der Waals surface area contributed by atoms with Crippen LogP contribution in [0.4, 0.5) is 5.82 Å². The van der Waals surface area contributed by atoms with Crippen molar-refractivity contribution in [3.63, 3.8) is 0 Å². The third-order valence-corrected chi connectivity index (χ3v) is 7.82. The van der Waals surface area contributed by atoms with Crippen LogP contribution in [0.3, 0.4) is 0 Å². The highest BCUT2D eigenvalue weighted by molar-refractivity contribution is 7.98. The van der Waals surface area contributed by atoms with Gasteiger partial charge >= 0.3 is 0 Å². The third kappa shape index (κ3) is 3.26. The molecule has 0 saturated heterocycles. The van der Waals surface area contributed by atoms with Gasteiger partial charge in [-0.3, -0.25) is 9.36 Å². The molecule has 1 aliphatic rings. The Balaban J connectivity index is 1.96. The van der Waals surface area contributed by atoms with Crippen LogP contribution in [0.5, 0.6) is 0 Å². The molecular weight excluding hydrogens is 406 g/mol. The molecule has 0 aliphatic carbocycles. The van der Waals surface area contributed by atoms with E-state index in [0.717, 1.165) is 11.3 Å². The first-order valence-corrected chi connectivity index (χ1v) is 12.0. The number of nitrogens with zero attached hydrogens (tertiary/aromatic N) is 3. The molecule has 1 aromatic heterocycles. The number of anilines is 1. The Morgan fingerprint density at radius 1 is 1.03 bits per heavy atom. The Kier molecular flexibility index (Phi) is 5.23. The molecule has 0 amide bonds. The van der Waals surface area contributed by atoms with Gasteiger partial charge in [-0.15, -0.1) is 0 Å². The van der Waals surface area contributed by atoms with Crippen LogP contribution in [-0.2, 0) is 16.6 Å². The molecule has 0 saturated carbocycles. The number of sulfonamides is 1. The maximum atomic E-state index is 13.3. The van der Waals surface area contributed by atoms with Crippen LogP contribution in [0.2, 0.25) is 0 Å². The molecule has 4 rings (SSSR count). The Morgan fingerprint density at radius 2 is 1.66 bits per heavy atom. The van der Waals surface area contributed by atoms with Crippen LogP contribution in [-0.4, -0.2) is 35.3 Å². The molecule has 0 bridgehead atoms. The number of ketones is 1. The number of Topliss-reactive ketones (excluding diaryl/α,β-unsaturated/α-hetero) is 1. The summed E-state index contributed by atoms with van der Waals surface area (Å²) in [6, 6.07) is 18.8. The van der Waals surface area contributed by atoms with Crippen LogP contribution in [0, 0.1) is 0 Å². The van der Waals surface area contributed by atoms with Crippen LogP contribution in [0.1, 0.15) is 29.4 Å². The minimum atomic E-state index is -3.87. The second-order valence-electron chi connectivity index (χ2n) is 6.74. The second-order valence-corrected chi connectivity index (χ2v) is 9.55. The number of imidazole rings is 1. The smallest absolute Gasteiger partial charge is 0.247 e. The number of thioether (sulfide) groups is 1. The normalized spacial score (nSPS) is 17.9. The molecular formula is C21H21N3O3S2. The van der Waals surface area contributed by atoms with Gasteiger partial charge in [-0.05, 0) is 30.4 Å². The van der Waals surface area contributed by atoms with Crippen LogP contribution in [0.15, 0.2) is 65.8 Å². The summed E-state index contributed by atoms with van der Waals surface area (Å²) in [5, 5.41) is -0.535. The minimum Gasteiger partial charge on any atom is -0.291 e. The van der Waals surface area contributed by atoms with E-state index in [9.17, 15) is 13.2 Å². The number of rotatable bonds is 5. The molecule has 150 valence electrons. The largest absolute Gasteiger partial charge is 0.291 e. The summed E-state index contributed by atoms with van der Waals surface area (Å²) in [7, 11) is -3.87. The Labute approximate surface area is 174 Å². The van der Waals surface area contributed by atoms with Gasteiger partial charge < -0.3 is 0 Å². The predicted molar refractivity (Wildman–Crippen MR) is 115 cm³/mol. The molecule has 6 nitrogen and oxygen atoms in total. The highest BCUT2D eigenvalue weighted by Gasteiger charge is 2.47. The van der Waals surface area contributed by atoms with E-state index in [-0.39, 0.29) is 18.8 Å². The van der Waals surface area contributed by atoms with Crippen molar-refractivity contribution in [3.05, 3.63) is 71.9 Å². The average molecular weight is 428 g/mol. The topological polar surface area (TPSA) is 72.3 Å². The SMILES string of the molecule is CCC1C(=O)c2c(nc(SC)n2-c2ccccc2)N(Cc2ccccc2)S1(=O)=O. The zero-order valence-electron chi connectivity index (χ0n) is 16.1. The molecule has 0 spiro atoms. The number of hydrogen-bond donors (Lipinski definition) is 0. The number of aromatic nitrogens is 2. The van der Waals surface area contributed by atoms with Crippen molar-refractivity contribution in [2.24, 2.45) is 0 Å². The molecule has 0 fully saturated rings. The van der Waals surface area contributed by atoms with Gasteiger partial charge in [0, 0.05) is 5.69 Å². The van der Waals surface area contributed by atoms with E-state index >= 15 is 0 Å². The number of hydrogen-bond acceptors (Lipinski definition) is 5. The quantitative estimate of drug-likeness (QED) is 0.578. The Bertz CT molecular complexity index is 1140. The highest BCUT2D eigenvalue weighted by atomic mass is 32.2. The minimum absolute atomic E-state index is 0.138. The lowest BCUT2D eigenvalue weighted by Gasteiger charge is -2.32. The van der Waals surface area contributed by atoms with Crippen LogP contribution >= 0.6 is 11.8 Å². The molecule has 0 N–H and O–H groups in total. The van der Waals surface area contributed by atoms with Crippen molar-refractivity contribution in [2.75, 3.05) is 10.6 Å². The molecule has 2 aromatic carbocycles. The molecule has 1 aliphatic heterocycles. The van der Waals surface area contributed by atoms with Gasteiger partial charge in [-0.1, -0.05) is 67.2 Å². The van der Waals surface area contributed by atoms with E-state index < -0.39 is 21.1 Å². The number of para-hydroxylation sites is 1. The van der Waals surface area contributed by atoms with Gasteiger partial charge in [0.15, 0.2) is 11.0 Å². The molecule has 29 heavy (non-hydrogen) atoms. The van der Waals surface area contributed by atoms with Gasteiger partial charge in [0.1, 0.15) is 10.9 Å². The average Bonchev–Trinajstić information content (AvgIpc) is 3.12. The first kappa shape index (κ1) is 19.7. The van der Waals surface area contributed by atoms with Crippen molar-refractivity contribution in [1.29, 1.82) is 0 Å². The standard InChI is InChI=1S/C21H21N3O3S2/c1-3-17-19(25)18-20(22-21(28-2)24(18)16-12-8-5-9-13-16)23(29(17,26)27)14-15-10-6-4-7-11-15/h4-13,17H,3,14H2,1-2H3. The molecule has 3 aromatic rings. The summed E-state index contributed by atoms with van der Waals surface area (Å²) in [5.41, 5.74) is 1.96. The number of fused-ring (bicyclic) bond motifs is 1. The third-order valence-electron chi connectivity index (χ3n) is 4.99. The van der Waals surface area contributed by atoms with Crippen LogP contribution in [0.25, 0.3) is 5.69 Å². The van der Waals surface area contributed by atoms with E-state index in [1.54, 1.807) is 11.5 Å². The van der Waals surface area contributed by atoms with Crippen molar-refractivity contribution in [2.45, 2.75) is 30.3 Å². The lowest BCUT2D eigenvalue weighted by Crippen LogP contribution is -2.47. The van der Waals surface area contributed by atoms with E-state index in [4.69, 9.17) is 0 Å². The lowest BCUT2D eigenvalue weighted by molar-refractivity contribution is 0.0976.